The largest absolute Gasteiger partial charge is 0.301 e. The lowest BCUT2D eigenvalue weighted by Crippen LogP contribution is -2.35. The fraction of sp³-hybridized carbons (Fsp3) is 0.588. The molecule has 1 aromatic carbocycles. The number of carbonyl (C=O) groups is 1. The van der Waals surface area contributed by atoms with Crippen LogP contribution in [0.25, 0.3) is 0 Å². The monoisotopic (exact) mass is 350 g/mol. The third-order valence-electron chi connectivity index (χ3n) is 4.71. The molecule has 1 atom stereocenters. The van der Waals surface area contributed by atoms with E-state index >= 15 is 0 Å². The van der Waals surface area contributed by atoms with Crippen LogP contribution in [0, 0.1) is 0 Å². The van der Waals surface area contributed by atoms with Crippen molar-refractivity contribution in [3.05, 3.63) is 34.3 Å². The zero-order chi connectivity index (χ0) is 14.7. The maximum absolute atomic E-state index is 12.2. The van der Waals surface area contributed by atoms with Gasteiger partial charge in [0.1, 0.15) is 0 Å². The van der Waals surface area contributed by atoms with Crippen molar-refractivity contribution >= 4 is 21.7 Å². The standard InChI is InChI=1S/C17H23BrN2O/c18-15-5-3-4-14(12-15)17(21)7-11-19-10-6-16(13-19)20-8-1-2-9-20/h3-5,12,16H,1-2,6-11,13H2. The number of ketones is 1. The van der Waals surface area contributed by atoms with Gasteiger partial charge in [-0.25, -0.2) is 0 Å². The highest BCUT2D eigenvalue weighted by Gasteiger charge is 2.29. The number of nitrogens with zero attached hydrogens (tertiary/aromatic N) is 2. The Bertz CT molecular complexity index is 499. The SMILES string of the molecule is O=C(CCN1CCC(N2CCCC2)C1)c1cccc(Br)c1. The van der Waals surface area contributed by atoms with E-state index in [0.717, 1.165) is 35.7 Å². The van der Waals surface area contributed by atoms with E-state index in [2.05, 4.69) is 25.7 Å². The summed E-state index contributed by atoms with van der Waals surface area (Å²) in [6, 6.07) is 8.44. The molecule has 2 aliphatic heterocycles. The Morgan fingerprint density at radius 2 is 2.05 bits per heavy atom. The van der Waals surface area contributed by atoms with Crippen LogP contribution in [-0.2, 0) is 0 Å². The van der Waals surface area contributed by atoms with Gasteiger partial charge >= 0.3 is 0 Å². The number of hydrogen-bond acceptors (Lipinski definition) is 3. The van der Waals surface area contributed by atoms with E-state index in [0.29, 0.717) is 6.42 Å². The first-order valence-electron chi connectivity index (χ1n) is 7.97. The van der Waals surface area contributed by atoms with Gasteiger partial charge in [0.05, 0.1) is 0 Å². The fourth-order valence-electron chi connectivity index (χ4n) is 3.49. The summed E-state index contributed by atoms with van der Waals surface area (Å²) < 4.78 is 0.976. The minimum absolute atomic E-state index is 0.251. The molecule has 0 aliphatic carbocycles. The summed E-state index contributed by atoms with van der Waals surface area (Å²) in [5.41, 5.74) is 0.819. The van der Waals surface area contributed by atoms with Crippen LogP contribution >= 0.6 is 15.9 Å². The summed E-state index contributed by atoms with van der Waals surface area (Å²) in [5, 5.41) is 0. The van der Waals surface area contributed by atoms with E-state index in [9.17, 15) is 4.79 Å². The number of Topliss-reactive ketones (excluding diaryl/α,β-unsaturated/α-hetero) is 1. The molecule has 4 heteroatoms. The van der Waals surface area contributed by atoms with Crippen LogP contribution in [0.5, 0.6) is 0 Å². The van der Waals surface area contributed by atoms with Gasteiger partial charge in [-0.3, -0.25) is 9.69 Å². The number of benzene rings is 1. The minimum atomic E-state index is 0.251. The molecule has 1 unspecified atom stereocenters. The van der Waals surface area contributed by atoms with E-state index in [4.69, 9.17) is 0 Å². The second kappa shape index (κ2) is 7.03. The van der Waals surface area contributed by atoms with Crippen LogP contribution in [0.1, 0.15) is 36.0 Å². The van der Waals surface area contributed by atoms with E-state index in [1.165, 1.54) is 32.4 Å². The molecule has 1 aromatic rings. The Kier molecular flexibility index (Phi) is 5.09. The number of likely N-dealkylation sites (tertiary alicyclic amines) is 2. The topological polar surface area (TPSA) is 23.6 Å². The maximum Gasteiger partial charge on any atom is 0.164 e. The summed E-state index contributed by atoms with van der Waals surface area (Å²) in [4.78, 5) is 17.3. The summed E-state index contributed by atoms with van der Waals surface area (Å²) in [5.74, 6) is 0.251. The van der Waals surface area contributed by atoms with E-state index < -0.39 is 0 Å². The van der Waals surface area contributed by atoms with Crippen molar-refractivity contribution in [3.63, 3.8) is 0 Å². The molecular weight excluding hydrogens is 328 g/mol. The van der Waals surface area contributed by atoms with Gasteiger partial charge in [0.2, 0.25) is 0 Å². The van der Waals surface area contributed by atoms with E-state index in [-0.39, 0.29) is 5.78 Å². The van der Waals surface area contributed by atoms with Crippen molar-refractivity contribution in [2.24, 2.45) is 0 Å². The van der Waals surface area contributed by atoms with Crippen LogP contribution in [0.4, 0.5) is 0 Å². The van der Waals surface area contributed by atoms with E-state index in [1.807, 2.05) is 24.3 Å². The lowest BCUT2D eigenvalue weighted by molar-refractivity contribution is 0.0967. The predicted octanol–water partition coefficient (Wildman–Crippen LogP) is 3.19. The molecule has 2 heterocycles. The van der Waals surface area contributed by atoms with Crippen molar-refractivity contribution in [2.45, 2.75) is 31.7 Å². The van der Waals surface area contributed by atoms with Crippen LogP contribution in [0.15, 0.2) is 28.7 Å². The molecule has 0 radical (unpaired) electrons. The van der Waals surface area contributed by atoms with Crippen molar-refractivity contribution in [1.82, 2.24) is 9.80 Å². The number of carbonyl (C=O) groups excluding carboxylic acids is 1. The van der Waals surface area contributed by atoms with Gasteiger partial charge < -0.3 is 4.90 Å². The molecule has 3 rings (SSSR count). The first-order valence-corrected chi connectivity index (χ1v) is 8.77. The molecule has 2 aliphatic rings. The normalized spacial score (nSPS) is 23.8. The Morgan fingerprint density at radius 1 is 1.24 bits per heavy atom. The molecule has 114 valence electrons. The van der Waals surface area contributed by atoms with Crippen molar-refractivity contribution < 1.29 is 4.79 Å². The molecular formula is C17H23BrN2O. The molecule has 0 spiro atoms. The van der Waals surface area contributed by atoms with Gasteiger partial charge in [-0.2, -0.15) is 0 Å². The van der Waals surface area contributed by atoms with Crippen molar-refractivity contribution in [1.29, 1.82) is 0 Å². The summed E-state index contributed by atoms with van der Waals surface area (Å²) in [6.07, 6.45) is 4.62. The third kappa shape index (κ3) is 3.93. The van der Waals surface area contributed by atoms with E-state index in [1.54, 1.807) is 0 Å². The first-order chi connectivity index (χ1) is 10.2. The van der Waals surface area contributed by atoms with Crippen molar-refractivity contribution in [3.8, 4) is 0 Å². The lowest BCUT2D eigenvalue weighted by atomic mass is 10.1. The highest BCUT2D eigenvalue weighted by Crippen LogP contribution is 2.21. The molecule has 21 heavy (non-hydrogen) atoms. The van der Waals surface area contributed by atoms with Gasteiger partial charge in [0.15, 0.2) is 5.78 Å². The molecule has 0 bridgehead atoms. The summed E-state index contributed by atoms with van der Waals surface area (Å²) >= 11 is 3.43. The zero-order valence-electron chi connectivity index (χ0n) is 12.4. The Morgan fingerprint density at radius 3 is 2.81 bits per heavy atom. The average Bonchev–Trinajstić information content (AvgIpc) is 3.15. The molecule has 0 aromatic heterocycles. The second-order valence-corrected chi connectivity index (χ2v) is 7.09. The van der Waals surface area contributed by atoms with Gasteiger partial charge in [-0.1, -0.05) is 28.1 Å². The Labute approximate surface area is 135 Å². The van der Waals surface area contributed by atoms with Crippen LogP contribution in [-0.4, -0.2) is 54.3 Å². The summed E-state index contributed by atoms with van der Waals surface area (Å²) in [6.45, 7) is 5.74. The third-order valence-corrected chi connectivity index (χ3v) is 5.20. The highest BCUT2D eigenvalue weighted by atomic mass is 79.9. The number of halogens is 1. The van der Waals surface area contributed by atoms with Crippen LogP contribution < -0.4 is 0 Å². The second-order valence-electron chi connectivity index (χ2n) is 6.17. The molecule has 2 fully saturated rings. The smallest absolute Gasteiger partial charge is 0.164 e. The van der Waals surface area contributed by atoms with Gasteiger partial charge in [0, 0.05) is 35.6 Å². The fourth-order valence-corrected chi connectivity index (χ4v) is 3.89. The van der Waals surface area contributed by atoms with Crippen LogP contribution in [0.3, 0.4) is 0 Å². The quantitative estimate of drug-likeness (QED) is 0.762. The molecule has 0 amide bonds. The van der Waals surface area contributed by atoms with Gasteiger partial charge in [-0.15, -0.1) is 0 Å². The lowest BCUT2D eigenvalue weighted by Gasteiger charge is -2.23. The summed E-state index contributed by atoms with van der Waals surface area (Å²) in [7, 11) is 0. The Hall–Kier alpha value is -0.710. The zero-order valence-corrected chi connectivity index (χ0v) is 14.0. The number of rotatable bonds is 5. The Balaban J connectivity index is 1.46. The van der Waals surface area contributed by atoms with Crippen molar-refractivity contribution in [2.75, 3.05) is 32.7 Å². The van der Waals surface area contributed by atoms with Gasteiger partial charge in [0.25, 0.3) is 0 Å². The van der Waals surface area contributed by atoms with Gasteiger partial charge in [-0.05, 0) is 51.0 Å². The average molecular weight is 351 g/mol. The number of hydrogen-bond donors (Lipinski definition) is 0. The molecule has 2 saturated heterocycles. The molecule has 0 N–H and O–H groups in total. The van der Waals surface area contributed by atoms with Crippen LogP contribution in [0.2, 0.25) is 0 Å². The first kappa shape index (κ1) is 15.2. The molecule has 0 saturated carbocycles. The highest BCUT2D eigenvalue weighted by molar-refractivity contribution is 9.10. The maximum atomic E-state index is 12.2. The minimum Gasteiger partial charge on any atom is -0.301 e. The predicted molar refractivity (Wildman–Crippen MR) is 88.7 cm³/mol. The molecule has 3 nitrogen and oxygen atoms in total.